The molecule has 1 saturated heterocycles. The van der Waals surface area contributed by atoms with Gasteiger partial charge in [0, 0.05) is 25.6 Å². The van der Waals surface area contributed by atoms with Crippen molar-refractivity contribution in [3.8, 4) is 0 Å². The molecule has 1 rings (SSSR count). The van der Waals surface area contributed by atoms with Crippen LogP contribution in [-0.2, 0) is 0 Å². The summed E-state index contributed by atoms with van der Waals surface area (Å²) in [5.41, 5.74) is 0. The zero-order valence-corrected chi connectivity index (χ0v) is 5.75. The summed E-state index contributed by atoms with van der Waals surface area (Å²) in [7, 11) is 0. The van der Waals surface area contributed by atoms with Gasteiger partial charge in [0.25, 0.3) is 0 Å². The molecule has 0 aromatic rings. The van der Waals surface area contributed by atoms with Crippen LogP contribution < -0.4 is 0 Å². The van der Waals surface area contributed by atoms with Crippen LogP contribution in [0.3, 0.4) is 0 Å². The number of hydrogen-bond donors (Lipinski definition) is 2. The molecule has 0 aromatic heterocycles. The van der Waals surface area contributed by atoms with Crippen molar-refractivity contribution in [2.24, 2.45) is 5.92 Å². The minimum atomic E-state index is -0.451. The van der Waals surface area contributed by atoms with E-state index in [4.69, 9.17) is 22.0 Å². The average Bonchev–Trinajstić information content (AvgIpc) is 2.10. The highest BCUT2D eigenvalue weighted by Crippen LogP contribution is 2.17. The SMILES string of the molecule is OC[C@H]1CN(Cl)CC1O. The van der Waals surface area contributed by atoms with Gasteiger partial charge >= 0.3 is 0 Å². The van der Waals surface area contributed by atoms with Crippen LogP contribution in [0.25, 0.3) is 0 Å². The van der Waals surface area contributed by atoms with E-state index in [9.17, 15) is 0 Å². The van der Waals surface area contributed by atoms with Crippen LogP contribution in [-0.4, -0.2) is 40.4 Å². The lowest BCUT2D eigenvalue weighted by Gasteiger charge is -2.06. The van der Waals surface area contributed by atoms with Gasteiger partial charge in [-0.25, -0.2) is 4.42 Å². The van der Waals surface area contributed by atoms with Crippen molar-refractivity contribution in [2.75, 3.05) is 19.7 Å². The number of nitrogens with zero attached hydrogens (tertiary/aromatic N) is 1. The molecule has 0 saturated carbocycles. The van der Waals surface area contributed by atoms with Crippen molar-refractivity contribution in [3.63, 3.8) is 0 Å². The molecular formula is C5H10ClNO2. The summed E-state index contributed by atoms with van der Waals surface area (Å²) >= 11 is 5.54. The van der Waals surface area contributed by atoms with Gasteiger partial charge in [-0.3, -0.25) is 0 Å². The number of hydrogen-bond acceptors (Lipinski definition) is 3. The van der Waals surface area contributed by atoms with Gasteiger partial charge in [-0.1, -0.05) is 0 Å². The molecule has 0 amide bonds. The van der Waals surface area contributed by atoms with E-state index in [1.54, 1.807) is 0 Å². The fourth-order valence-electron chi connectivity index (χ4n) is 0.982. The third kappa shape index (κ3) is 1.55. The Morgan fingerprint density at radius 2 is 2.22 bits per heavy atom. The molecule has 0 aliphatic carbocycles. The van der Waals surface area contributed by atoms with Crippen LogP contribution in [0, 0.1) is 5.92 Å². The Bertz CT molecular complexity index is 101. The van der Waals surface area contributed by atoms with Crippen LogP contribution in [0.15, 0.2) is 0 Å². The van der Waals surface area contributed by atoms with Crippen LogP contribution in [0.1, 0.15) is 0 Å². The topological polar surface area (TPSA) is 43.7 Å². The highest BCUT2D eigenvalue weighted by molar-refractivity contribution is 6.13. The molecule has 4 heteroatoms. The first-order chi connectivity index (χ1) is 4.24. The third-order valence-corrected chi connectivity index (χ3v) is 1.87. The Balaban J connectivity index is 2.38. The maximum absolute atomic E-state index is 9.07. The first-order valence-electron chi connectivity index (χ1n) is 2.93. The first kappa shape index (κ1) is 7.28. The molecule has 2 N–H and O–H groups in total. The molecule has 0 aromatic carbocycles. The van der Waals surface area contributed by atoms with Gasteiger partial charge in [0.2, 0.25) is 0 Å². The lowest BCUT2D eigenvalue weighted by molar-refractivity contribution is 0.104. The van der Waals surface area contributed by atoms with E-state index in [0.717, 1.165) is 0 Å². The number of aliphatic hydroxyl groups is 2. The second kappa shape index (κ2) is 2.84. The Kier molecular flexibility index (Phi) is 2.29. The third-order valence-electron chi connectivity index (χ3n) is 1.60. The van der Waals surface area contributed by atoms with E-state index in [-0.39, 0.29) is 12.5 Å². The molecule has 3 nitrogen and oxygen atoms in total. The van der Waals surface area contributed by atoms with E-state index < -0.39 is 6.10 Å². The second-order valence-corrected chi connectivity index (χ2v) is 2.82. The summed E-state index contributed by atoms with van der Waals surface area (Å²) in [4.78, 5) is 0. The molecule has 1 heterocycles. The molecule has 0 radical (unpaired) electrons. The van der Waals surface area contributed by atoms with Crippen molar-refractivity contribution in [1.82, 2.24) is 4.42 Å². The van der Waals surface area contributed by atoms with Gasteiger partial charge in [-0.15, -0.1) is 0 Å². The van der Waals surface area contributed by atoms with E-state index in [2.05, 4.69) is 0 Å². The summed E-state index contributed by atoms with van der Waals surface area (Å²) in [5.74, 6) is -0.0532. The molecule has 1 aliphatic heterocycles. The molecule has 54 valence electrons. The minimum absolute atomic E-state index is 0.0182. The monoisotopic (exact) mass is 151 g/mol. The normalized spacial score (nSPS) is 37.7. The van der Waals surface area contributed by atoms with Crippen LogP contribution >= 0.6 is 11.8 Å². The molecule has 2 atom stereocenters. The fourth-order valence-corrected chi connectivity index (χ4v) is 1.30. The smallest absolute Gasteiger partial charge is 0.0743 e. The maximum atomic E-state index is 9.07. The highest BCUT2D eigenvalue weighted by Gasteiger charge is 2.29. The molecule has 0 bridgehead atoms. The summed E-state index contributed by atoms with van der Waals surface area (Å²) < 4.78 is 1.49. The van der Waals surface area contributed by atoms with Gasteiger partial charge < -0.3 is 10.2 Å². The largest absolute Gasteiger partial charge is 0.396 e. The molecular weight excluding hydrogens is 142 g/mol. The Morgan fingerprint density at radius 3 is 2.44 bits per heavy atom. The summed E-state index contributed by atoms with van der Waals surface area (Å²) in [6, 6.07) is 0. The maximum Gasteiger partial charge on any atom is 0.0743 e. The van der Waals surface area contributed by atoms with Crippen molar-refractivity contribution in [2.45, 2.75) is 6.10 Å². The van der Waals surface area contributed by atoms with Gasteiger partial charge in [0.15, 0.2) is 0 Å². The van der Waals surface area contributed by atoms with Crippen LogP contribution in [0.2, 0.25) is 0 Å². The summed E-state index contributed by atoms with van der Waals surface area (Å²) in [6.45, 7) is 1.07. The molecule has 0 spiro atoms. The summed E-state index contributed by atoms with van der Waals surface area (Å²) in [6.07, 6.45) is -0.451. The van der Waals surface area contributed by atoms with E-state index in [0.29, 0.717) is 13.1 Å². The standard InChI is InChI=1S/C5H10ClNO2/c6-7-1-4(3-8)5(9)2-7/h4-5,8-9H,1-3H2/t4-,5?/m1/s1. The average molecular weight is 152 g/mol. The van der Waals surface area contributed by atoms with Gasteiger partial charge in [-0.2, -0.15) is 0 Å². The fraction of sp³-hybridized carbons (Fsp3) is 1.00. The van der Waals surface area contributed by atoms with Gasteiger partial charge in [0.05, 0.1) is 6.10 Å². The number of aliphatic hydroxyl groups excluding tert-OH is 2. The van der Waals surface area contributed by atoms with Crippen molar-refractivity contribution in [3.05, 3.63) is 0 Å². The van der Waals surface area contributed by atoms with Crippen molar-refractivity contribution in [1.29, 1.82) is 0 Å². The molecule has 1 fully saturated rings. The quantitative estimate of drug-likeness (QED) is 0.493. The Hall–Kier alpha value is 0.170. The Morgan fingerprint density at radius 1 is 1.56 bits per heavy atom. The highest BCUT2D eigenvalue weighted by atomic mass is 35.5. The lowest BCUT2D eigenvalue weighted by Crippen LogP contribution is -2.20. The minimum Gasteiger partial charge on any atom is -0.396 e. The second-order valence-electron chi connectivity index (χ2n) is 2.34. The number of halogens is 1. The number of β-amino-alcohol motifs (C(OH)–C–C–N with tert-alkyl or cyclic N) is 1. The molecule has 9 heavy (non-hydrogen) atoms. The zero-order valence-electron chi connectivity index (χ0n) is 5.00. The van der Waals surface area contributed by atoms with Crippen molar-refractivity contribution < 1.29 is 10.2 Å². The van der Waals surface area contributed by atoms with Gasteiger partial charge in [-0.05, 0) is 11.8 Å². The van der Waals surface area contributed by atoms with Crippen molar-refractivity contribution >= 4 is 11.8 Å². The zero-order chi connectivity index (χ0) is 6.85. The summed E-state index contributed by atoms with van der Waals surface area (Å²) in [5, 5.41) is 17.7. The van der Waals surface area contributed by atoms with Gasteiger partial charge in [0.1, 0.15) is 0 Å². The van der Waals surface area contributed by atoms with E-state index in [1.165, 1.54) is 4.42 Å². The van der Waals surface area contributed by atoms with E-state index in [1.807, 2.05) is 0 Å². The predicted molar refractivity (Wildman–Crippen MR) is 34.0 cm³/mol. The molecule has 1 unspecified atom stereocenters. The Labute approximate surface area is 59.0 Å². The molecule has 1 aliphatic rings. The first-order valence-corrected chi connectivity index (χ1v) is 3.27. The number of rotatable bonds is 1. The lowest BCUT2D eigenvalue weighted by atomic mass is 10.1. The van der Waals surface area contributed by atoms with Crippen LogP contribution in [0.4, 0.5) is 0 Å². The van der Waals surface area contributed by atoms with E-state index >= 15 is 0 Å². The predicted octanol–water partition coefficient (Wildman–Crippen LogP) is -0.575. The van der Waals surface area contributed by atoms with Crippen LogP contribution in [0.5, 0.6) is 0 Å².